The molecule has 2 aliphatic rings. The maximum atomic E-state index is 14.3. The molecule has 2 heterocycles. The summed E-state index contributed by atoms with van der Waals surface area (Å²) in [4.78, 5) is 3.98. The van der Waals surface area contributed by atoms with Crippen molar-refractivity contribution in [2.75, 3.05) is 18.9 Å². The quantitative estimate of drug-likeness (QED) is 0.607. The first-order valence-electron chi connectivity index (χ1n) is 6.84. The summed E-state index contributed by atoms with van der Waals surface area (Å²) < 4.78 is 65.2. The first kappa shape index (κ1) is 15.9. The lowest BCUT2D eigenvalue weighted by atomic mass is 9.71. The normalized spacial score (nSPS) is 33.8. The van der Waals surface area contributed by atoms with Gasteiger partial charge in [-0.3, -0.25) is 0 Å². The smallest absolute Gasteiger partial charge is 0.431 e. The average molecular weight is 333 g/mol. The molecular weight excluding hydrogens is 318 g/mol. The fraction of sp³-hybridized carbons (Fsp3) is 0.500. The van der Waals surface area contributed by atoms with Gasteiger partial charge in [0.15, 0.2) is 0 Å². The number of nitrogens with zero attached hydrogens (tertiary/aromatic N) is 1. The Labute approximate surface area is 129 Å². The topological polar surface area (TPSA) is 82.9 Å². The Hall–Kier alpha value is -2.03. The Bertz CT molecular complexity index is 678. The number of anilines is 1. The SMILES string of the molecule is C[C@]1(c2cc(N)ccc2F)N=C(N)O[C@]2(C(F)(F)F)COC[C@H]12. The lowest BCUT2D eigenvalue weighted by Gasteiger charge is -2.46. The van der Waals surface area contributed by atoms with Gasteiger partial charge in [0, 0.05) is 11.3 Å². The van der Waals surface area contributed by atoms with E-state index in [-0.39, 0.29) is 17.9 Å². The Morgan fingerprint density at radius 1 is 1.30 bits per heavy atom. The van der Waals surface area contributed by atoms with Crippen LogP contribution in [0.25, 0.3) is 0 Å². The van der Waals surface area contributed by atoms with Crippen molar-refractivity contribution in [1.29, 1.82) is 0 Å². The summed E-state index contributed by atoms with van der Waals surface area (Å²) in [5.41, 5.74) is 7.00. The summed E-state index contributed by atoms with van der Waals surface area (Å²) in [5, 5.41) is 0. The lowest BCUT2D eigenvalue weighted by molar-refractivity contribution is -0.274. The zero-order chi connectivity index (χ0) is 17.0. The Kier molecular flexibility index (Phi) is 3.26. The summed E-state index contributed by atoms with van der Waals surface area (Å²) in [7, 11) is 0. The highest BCUT2D eigenvalue weighted by Crippen LogP contribution is 2.54. The third-order valence-corrected chi connectivity index (χ3v) is 4.49. The maximum absolute atomic E-state index is 14.3. The minimum Gasteiger partial charge on any atom is -0.446 e. The molecule has 0 aromatic heterocycles. The van der Waals surface area contributed by atoms with Crippen LogP contribution in [0, 0.1) is 11.7 Å². The third-order valence-electron chi connectivity index (χ3n) is 4.49. The van der Waals surface area contributed by atoms with E-state index in [1.165, 1.54) is 19.1 Å². The molecule has 0 unspecified atom stereocenters. The molecule has 126 valence electrons. The summed E-state index contributed by atoms with van der Waals surface area (Å²) in [6, 6.07) is 3.00. The van der Waals surface area contributed by atoms with Crippen molar-refractivity contribution in [1.82, 2.24) is 0 Å². The molecule has 4 N–H and O–H groups in total. The number of nitrogens with two attached hydrogens (primary N) is 2. The van der Waals surface area contributed by atoms with Crippen LogP contribution in [0.3, 0.4) is 0 Å². The molecule has 1 saturated heterocycles. The standard InChI is InChI=1S/C14H15F4N3O2/c1-12(8-4-7(19)2-3-9(8)15)10-5-22-6-13(10,14(16,17)18)23-11(20)21-12/h2-4,10H,5-6,19H2,1H3,(H2,20,21)/t10-,12-,13-/m1/s1. The second kappa shape index (κ2) is 4.73. The summed E-state index contributed by atoms with van der Waals surface area (Å²) in [6.45, 7) is 0.359. The molecule has 3 atom stereocenters. The van der Waals surface area contributed by atoms with Crippen LogP contribution < -0.4 is 11.5 Å². The molecule has 1 aromatic rings. The van der Waals surface area contributed by atoms with Crippen LogP contribution in [-0.2, 0) is 15.0 Å². The van der Waals surface area contributed by atoms with E-state index in [1.807, 2.05) is 0 Å². The number of ether oxygens (including phenoxy) is 2. The van der Waals surface area contributed by atoms with E-state index >= 15 is 0 Å². The number of aliphatic imine (C=N–C) groups is 1. The molecule has 5 nitrogen and oxygen atoms in total. The lowest BCUT2D eigenvalue weighted by Crippen LogP contribution is -2.63. The first-order valence-corrected chi connectivity index (χ1v) is 6.84. The van der Waals surface area contributed by atoms with E-state index in [9.17, 15) is 17.6 Å². The minimum absolute atomic E-state index is 0.0760. The van der Waals surface area contributed by atoms with Gasteiger partial charge in [-0.1, -0.05) is 0 Å². The van der Waals surface area contributed by atoms with Crippen molar-refractivity contribution in [3.8, 4) is 0 Å². The van der Waals surface area contributed by atoms with Gasteiger partial charge in [0.1, 0.15) is 11.4 Å². The number of halogens is 4. The van der Waals surface area contributed by atoms with Gasteiger partial charge >= 0.3 is 6.18 Å². The van der Waals surface area contributed by atoms with Crippen LogP contribution in [0.4, 0.5) is 23.2 Å². The highest BCUT2D eigenvalue weighted by molar-refractivity contribution is 5.74. The van der Waals surface area contributed by atoms with Crippen molar-refractivity contribution in [2.24, 2.45) is 16.6 Å². The molecule has 0 saturated carbocycles. The van der Waals surface area contributed by atoms with Crippen LogP contribution in [0.1, 0.15) is 12.5 Å². The van der Waals surface area contributed by atoms with Crippen LogP contribution in [0.2, 0.25) is 0 Å². The molecule has 0 bridgehead atoms. The third kappa shape index (κ3) is 2.13. The van der Waals surface area contributed by atoms with Crippen LogP contribution in [0.5, 0.6) is 0 Å². The highest BCUT2D eigenvalue weighted by atomic mass is 19.4. The second-order valence-corrected chi connectivity index (χ2v) is 5.89. The van der Waals surface area contributed by atoms with Gasteiger partial charge < -0.3 is 20.9 Å². The van der Waals surface area contributed by atoms with Crippen LogP contribution >= 0.6 is 0 Å². The highest BCUT2D eigenvalue weighted by Gasteiger charge is 2.71. The molecule has 2 aliphatic heterocycles. The zero-order valence-electron chi connectivity index (χ0n) is 12.2. The van der Waals surface area contributed by atoms with Gasteiger partial charge in [0.2, 0.25) is 5.60 Å². The van der Waals surface area contributed by atoms with E-state index in [2.05, 4.69) is 4.99 Å². The number of fused-ring (bicyclic) bond motifs is 1. The zero-order valence-corrected chi connectivity index (χ0v) is 12.2. The largest absolute Gasteiger partial charge is 0.446 e. The minimum atomic E-state index is -4.76. The summed E-state index contributed by atoms with van der Waals surface area (Å²) in [5.74, 6) is -2.01. The fourth-order valence-electron chi connectivity index (χ4n) is 3.31. The van der Waals surface area contributed by atoms with E-state index in [4.69, 9.17) is 20.9 Å². The van der Waals surface area contributed by atoms with Gasteiger partial charge in [-0.2, -0.15) is 13.2 Å². The van der Waals surface area contributed by atoms with Gasteiger partial charge in [-0.25, -0.2) is 9.38 Å². The van der Waals surface area contributed by atoms with Crippen LogP contribution in [-0.4, -0.2) is 31.0 Å². The van der Waals surface area contributed by atoms with E-state index < -0.39 is 41.7 Å². The van der Waals surface area contributed by atoms with Gasteiger partial charge in [-0.15, -0.1) is 0 Å². The fourth-order valence-corrected chi connectivity index (χ4v) is 3.31. The van der Waals surface area contributed by atoms with Gasteiger partial charge in [0.25, 0.3) is 6.02 Å². The predicted molar refractivity (Wildman–Crippen MR) is 74.0 cm³/mol. The Morgan fingerprint density at radius 3 is 2.65 bits per heavy atom. The maximum Gasteiger partial charge on any atom is 0.431 e. The molecule has 9 heteroatoms. The number of nitrogen functional groups attached to an aromatic ring is 1. The van der Waals surface area contributed by atoms with Crippen molar-refractivity contribution in [3.05, 3.63) is 29.6 Å². The Balaban J connectivity index is 2.22. The van der Waals surface area contributed by atoms with E-state index in [0.717, 1.165) is 6.07 Å². The molecule has 0 aliphatic carbocycles. The van der Waals surface area contributed by atoms with E-state index in [0.29, 0.717) is 0 Å². The van der Waals surface area contributed by atoms with Crippen molar-refractivity contribution in [3.63, 3.8) is 0 Å². The Morgan fingerprint density at radius 2 is 2.00 bits per heavy atom. The molecule has 0 radical (unpaired) electrons. The molecular formula is C14H15F4N3O2. The number of amidine groups is 1. The summed E-state index contributed by atoms with van der Waals surface area (Å²) >= 11 is 0. The summed E-state index contributed by atoms with van der Waals surface area (Å²) in [6.07, 6.45) is -4.76. The average Bonchev–Trinajstić information content (AvgIpc) is 2.86. The molecule has 1 aromatic carbocycles. The van der Waals surface area contributed by atoms with Gasteiger partial charge in [0.05, 0.1) is 19.1 Å². The molecule has 0 spiro atoms. The molecule has 3 rings (SSSR count). The monoisotopic (exact) mass is 333 g/mol. The van der Waals surface area contributed by atoms with Crippen molar-refractivity contribution in [2.45, 2.75) is 24.2 Å². The van der Waals surface area contributed by atoms with Crippen LogP contribution in [0.15, 0.2) is 23.2 Å². The van der Waals surface area contributed by atoms with Crippen molar-refractivity contribution >= 4 is 11.7 Å². The first-order chi connectivity index (χ1) is 10.6. The van der Waals surface area contributed by atoms with Crippen molar-refractivity contribution < 1.29 is 27.0 Å². The predicted octanol–water partition coefficient (Wildman–Crippen LogP) is 1.92. The number of rotatable bonds is 1. The number of hydrogen-bond acceptors (Lipinski definition) is 5. The second-order valence-electron chi connectivity index (χ2n) is 5.89. The molecule has 23 heavy (non-hydrogen) atoms. The van der Waals surface area contributed by atoms with Gasteiger partial charge in [-0.05, 0) is 25.1 Å². The molecule has 1 fully saturated rings. The number of alkyl halides is 3. The number of benzene rings is 1. The van der Waals surface area contributed by atoms with E-state index in [1.54, 1.807) is 0 Å². The molecule has 0 amide bonds. The number of hydrogen-bond donors (Lipinski definition) is 2.